The molecule has 0 amide bonds. The van der Waals surface area contributed by atoms with Crippen LogP contribution in [-0.2, 0) is 4.57 Å². The summed E-state index contributed by atoms with van der Waals surface area (Å²) in [5, 5.41) is 0.0442. The van der Waals surface area contributed by atoms with Gasteiger partial charge in [-0.05, 0) is 54.7 Å². The van der Waals surface area contributed by atoms with Crippen LogP contribution in [0.3, 0.4) is 0 Å². The molecular formula is C27H25O3P. The Hall–Kier alpha value is -2.97. The maximum atomic E-state index is 12.5. The van der Waals surface area contributed by atoms with Crippen molar-refractivity contribution in [3.8, 4) is 33.4 Å². The summed E-state index contributed by atoms with van der Waals surface area (Å²) in [7, 11) is -4.51. The van der Waals surface area contributed by atoms with Gasteiger partial charge in [-0.2, -0.15) is 0 Å². The van der Waals surface area contributed by atoms with Crippen molar-refractivity contribution in [3.63, 3.8) is 0 Å². The summed E-state index contributed by atoms with van der Waals surface area (Å²) < 4.78 is 12.5. The van der Waals surface area contributed by atoms with E-state index >= 15 is 0 Å². The summed E-state index contributed by atoms with van der Waals surface area (Å²) in [5.74, 6) is 0. The largest absolute Gasteiger partial charge is 0.356 e. The molecule has 31 heavy (non-hydrogen) atoms. The SMILES string of the molecule is Cc1ccc(-c2ccc(P(=O)(O)O)c(-c3ccc(C)cc3)c2-c2ccc(C)cc2)cc1. The highest BCUT2D eigenvalue weighted by Gasteiger charge is 2.27. The zero-order valence-electron chi connectivity index (χ0n) is 17.8. The molecule has 0 aliphatic rings. The second-order valence-electron chi connectivity index (χ2n) is 8.02. The zero-order chi connectivity index (χ0) is 22.2. The summed E-state index contributed by atoms with van der Waals surface area (Å²) in [6.45, 7) is 6.06. The first-order valence-corrected chi connectivity index (χ1v) is 11.8. The summed E-state index contributed by atoms with van der Waals surface area (Å²) in [4.78, 5) is 20.4. The maximum Gasteiger partial charge on any atom is 0.356 e. The fourth-order valence-corrected chi connectivity index (χ4v) is 4.64. The second kappa shape index (κ2) is 8.28. The minimum Gasteiger partial charge on any atom is -0.321 e. The Labute approximate surface area is 183 Å². The van der Waals surface area contributed by atoms with Crippen molar-refractivity contribution >= 4 is 12.9 Å². The van der Waals surface area contributed by atoms with Gasteiger partial charge in [0.15, 0.2) is 0 Å². The first kappa shape index (κ1) is 21.3. The fraction of sp³-hybridized carbons (Fsp3) is 0.111. The lowest BCUT2D eigenvalue weighted by Gasteiger charge is -2.21. The minimum atomic E-state index is -4.51. The van der Waals surface area contributed by atoms with Gasteiger partial charge >= 0.3 is 7.60 Å². The second-order valence-corrected chi connectivity index (χ2v) is 9.59. The molecule has 0 bridgehead atoms. The van der Waals surface area contributed by atoms with Gasteiger partial charge in [-0.1, -0.05) is 95.6 Å². The Morgan fingerprint density at radius 3 is 1.32 bits per heavy atom. The number of rotatable bonds is 4. The molecule has 0 saturated carbocycles. The van der Waals surface area contributed by atoms with Gasteiger partial charge in [0, 0.05) is 5.56 Å². The average Bonchev–Trinajstić information content (AvgIpc) is 2.74. The van der Waals surface area contributed by atoms with Crippen LogP contribution in [-0.4, -0.2) is 9.79 Å². The molecule has 2 N–H and O–H groups in total. The van der Waals surface area contributed by atoms with E-state index in [0.717, 1.165) is 44.5 Å². The molecule has 0 atom stereocenters. The van der Waals surface area contributed by atoms with Crippen LogP contribution in [0.15, 0.2) is 84.9 Å². The Bertz CT molecular complexity index is 1270. The fourth-order valence-electron chi connectivity index (χ4n) is 3.84. The lowest BCUT2D eigenvalue weighted by molar-refractivity contribution is 0.387. The molecule has 0 fully saturated rings. The van der Waals surface area contributed by atoms with Gasteiger partial charge in [-0.3, -0.25) is 4.57 Å². The average molecular weight is 428 g/mol. The Morgan fingerprint density at radius 2 is 0.903 bits per heavy atom. The highest BCUT2D eigenvalue weighted by molar-refractivity contribution is 7.60. The van der Waals surface area contributed by atoms with E-state index in [1.807, 2.05) is 75.4 Å². The van der Waals surface area contributed by atoms with Crippen LogP contribution in [0, 0.1) is 20.8 Å². The van der Waals surface area contributed by atoms with Crippen LogP contribution in [0.5, 0.6) is 0 Å². The summed E-state index contributed by atoms with van der Waals surface area (Å²) in [5.41, 5.74) is 8.44. The monoisotopic (exact) mass is 428 g/mol. The third-order valence-corrected chi connectivity index (χ3v) is 6.54. The minimum absolute atomic E-state index is 0.0442. The van der Waals surface area contributed by atoms with Gasteiger partial charge in [0.1, 0.15) is 0 Å². The molecule has 3 nitrogen and oxygen atoms in total. The molecule has 0 aliphatic heterocycles. The van der Waals surface area contributed by atoms with E-state index in [-0.39, 0.29) is 5.30 Å². The van der Waals surface area contributed by atoms with Crippen molar-refractivity contribution in [2.45, 2.75) is 20.8 Å². The van der Waals surface area contributed by atoms with E-state index < -0.39 is 7.60 Å². The van der Waals surface area contributed by atoms with Crippen LogP contribution in [0.1, 0.15) is 16.7 Å². The molecule has 0 radical (unpaired) electrons. The smallest absolute Gasteiger partial charge is 0.321 e. The third-order valence-electron chi connectivity index (χ3n) is 5.54. The first-order valence-electron chi connectivity index (χ1n) is 10.2. The van der Waals surface area contributed by atoms with Crippen LogP contribution < -0.4 is 5.30 Å². The maximum absolute atomic E-state index is 12.5. The quantitative estimate of drug-likeness (QED) is 0.369. The van der Waals surface area contributed by atoms with E-state index in [1.54, 1.807) is 6.07 Å². The van der Waals surface area contributed by atoms with Gasteiger partial charge in [0.05, 0.1) is 5.30 Å². The Morgan fingerprint density at radius 1 is 0.516 bits per heavy atom. The van der Waals surface area contributed by atoms with Crippen molar-refractivity contribution in [1.29, 1.82) is 0 Å². The first-order chi connectivity index (χ1) is 14.7. The van der Waals surface area contributed by atoms with Crippen molar-refractivity contribution < 1.29 is 14.4 Å². The predicted molar refractivity (Wildman–Crippen MR) is 129 cm³/mol. The molecule has 0 aromatic heterocycles. The molecule has 156 valence electrons. The number of hydrogen-bond acceptors (Lipinski definition) is 1. The molecule has 0 saturated heterocycles. The normalized spacial score (nSPS) is 11.5. The highest BCUT2D eigenvalue weighted by atomic mass is 31.2. The van der Waals surface area contributed by atoms with E-state index in [2.05, 4.69) is 24.3 Å². The van der Waals surface area contributed by atoms with Crippen molar-refractivity contribution in [3.05, 3.63) is 102 Å². The molecule has 4 rings (SSSR count). The lowest BCUT2D eigenvalue weighted by atomic mass is 9.87. The Kier molecular flexibility index (Phi) is 5.68. The molecular weight excluding hydrogens is 403 g/mol. The van der Waals surface area contributed by atoms with Gasteiger partial charge in [0.25, 0.3) is 0 Å². The van der Waals surface area contributed by atoms with Crippen molar-refractivity contribution in [2.75, 3.05) is 0 Å². The summed E-state index contributed by atoms with van der Waals surface area (Å²) in [6.07, 6.45) is 0. The Balaban J connectivity index is 2.13. The highest BCUT2D eigenvalue weighted by Crippen LogP contribution is 2.46. The predicted octanol–water partition coefficient (Wildman–Crippen LogP) is 6.42. The van der Waals surface area contributed by atoms with Gasteiger partial charge in [0.2, 0.25) is 0 Å². The van der Waals surface area contributed by atoms with E-state index in [1.165, 1.54) is 0 Å². The van der Waals surface area contributed by atoms with Gasteiger partial charge < -0.3 is 9.79 Å². The molecule has 0 heterocycles. The number of aryl methyl sites for hydroxylation is 3. The molecule has 0 unspecified atom stereocenters. The number of hydrogen-bond donors (Lipinski definition) is 2. The van der Waals surface area contributed by atoms with Crippen LogP contribution >= 0.6 is 7.60 Å². The van der Waals surface area contributed by atoms with E-state index in [4.69, 9.17) is 0 Å². The summed E-state index contributed by atoms with van der Waals surface area (Å²) in [6, 6.07) is 27.5. The van der Waals surface area contributed by atoms with Gasteiger partial charge in [-0.15, -0.1) is 0 Å². The van der Waals surface area contributed by atoms with E-state index in [9.17, 15) is 14.4 Å². The van der Waals surface area contributed by atoms with Crippen LogP contribution in [0.25, 0.3) is 33.4 Å². The van der Waals surface area contributed by atoms with Crippen LogP contribution in [0.2, 0.25) is 0 Å². The number of benzene rings is 4. The molecule has 4 aromatic carbocycles. The third kappa shape index (κ3) is 4.40. The summed E-state index contributed by atoms with van der Waals surface area (Å²) >= 11 is 0. The molecule has 0 aliphatic carbocycles. The van der Waals surface area contributed by atoms with Crippen molar-refractivity contribution in [1.82, 2.24) is 0 Å². The standard InChI is InChI=1S/C27H25O3P/c1-18-4-10-21(11-5-18)24-16-17-25(31(28,29)30)27(23-14-8-20(3)9-15-23)26(24)22-12-6-19(2)7-13-22/h4-17H,1-3H3,(H2,28,29,30). The van der Waals surface area contributed by atoms with Crippen LogP contribution in [0.4, 0.5) is 0 Å². The lowest BCUT2D eigenvalue weighted by Crippen LogP contribution is -2.10. The zero-order valence-corrected chi connectivity index (χ0v) is 18.7. The molecule has 4 aromatic rings. The molecule has 0 spiro atoms. The van der Waals surface area contributed by atoms with E-state index in [0.29, 0.717) is 5.56 Å². The van der Waals surface area contributed by atoms with Gasteiger partial charge in [-0.25, -0.2) is 0 Å². The topological polar surface area (TPSA) is 57.5 Å². The van der Waals surface area contributed by atoms with Crippen molar-refractivity contribution in [2.24, 2.45) is 0 Å². The molecule has 4 heteroatoms.